The summed E-state index contributed by atoms with van der Waals surface area (Å²) in [5.74, 6) is -0.947. The van der Waals surface area contributed by atoms with E-state index in [9.17, 15) is 13.2 Å². The Morgan fingerprint density at radius 1 is 1.33 bits per heavy atom. The van der Waals surface area contributed by atoms with Gasteiger partial charge in [0.25, 0.3) is 0 Å². The number of hydrogen-bond acceptors (Lipinski definition) is 4. The van der Waals surface area contributed by atoms with Crippen LogP contribution in [0.5, 0.6) is 0 Å². The number of rotatable bonds is 4. The van der Waals surface area contributed by atoms with E-state index in [-0.39, 0.29) is 17.7 Å². The molecule has 118 valence electrons. The van der Waals surface area contributed by atoms with E-state index in [2.05, 4.69) is 5.32 Å². The van der Waals surface area contributed by atoms with Crippen molar-refractivity contribution in [2.24, 2.45) is 0 Å². The van der Waals surface area contributed by atoms with Crippen LogP contribution in [0.3, 0.4) is 0 Å². The van der Waals surface area contributed by atoms with E-state index in [4.69, 9.17) is 5.73 Å². The highest BCUT2D eigenvalue weighted by molar-refractivity contribution is 7.92. The zero-order chi connectivity index (χ0) is 14.8. The van der Waals surface area contributed by atoms with Gasteiger partial charge >= 0.3 is 0 Å². The van der Waals surface area contributed by atoms with Gasteiger partial charge in [-0.05, 0) is 37.5 Å². The van der Waals surface area contributed by atoms with Crippen molar-refractivity contribution >= 4 is 39.5 Å². The van der Waals surface area contributed by atoms with Gasteiger partial charge in [0, 0.05) is 11.4 Å². The number of halogens is 1. The van der Waals surface area contributed by atoms with E-state index >= 15 is 0 Å². The average Bonchev–Trinajstić information content (AvgIpc) is 2.87. The minimum Gasteiger partial charge on any atom is -0.399 e. The van der Waals surface area contributed by atoms with Crippen LogP contribution < -0.4 is 11.1 Å². The van der Waals surface area contributed by atoms with Gasteiger partial charge in [-0.2, -0.15) is 0 Å². The number of aryl methyl sites for hydroxylation is 1. The molecule has 1 aliphatic rings. The first-order valence-electron chi connectivity index (χ1n) is 6.76. The summed E-state index contributed by atoms with van der Waals surface area (Å²) in [5.41, 5.74) is 7.61. The number of benzene rings is 1. The van der Waals surface area contributed by atoms with Crippen molar-refractivity contribution in [2.45, 2.75) is 37.9 Å². The maximum absolute atomic E-state index is 12.1. The molecular weight excluding hydrogens is 312 g/mol. The normalized spacial score (nSPS) is 15.5. The van der Waals surface area contributed by atoms with Crippen LogP contribution in [-0.4, -0.2) is 25.3 Å². The smallest absolute Gasteiger partial charge is 0.239 e. The summed E-state index contributed by atoms with van der Waals surface area (Å²) >= 11 is 0. The molecule has 7 heteroatoms. The third kappa shape index (κ3) is 4.61. The summed E-state index contributed by atoms with van der Waals surface area (Å²) in [7, 11) is -3.35. The highest BCUT2D eigenvalue weighted by Gasteiger charge is 2.30. The molecule has 1 aromatic rings. The number of carbonyl (C=O) groups excluding carboxylic acids is 1. The summed E-state index contributed by atoms with van der Waals surface area (Å²) in [6.45, 7) is 1.83. The Bertz CT molecular complexity index is 611. The number of nitrogens with one attached hydrogen (secondary N) is 1. The van der Waals surface area contributed by atoms with Gasteiger partial charge in [0.15, 0.2) is 9.84 Å². The van der Waals surface area contributed by atoms with Crippen molar-refractivity contribution in [3.05, 3.63) is 23.8 Å². The molecule has 0 saturated heterocycles. The summed E-state index contributed by atoms with van der Waals surface area (Å²) in [4.78, 5) is 11.9. The van der Waals surface area contributed by atoms with Crippen LogP contribution in [0.2, 0.25) is 0 Å². The molecule has 1 aromatic carbocycles. The largest absolute Gasteiger partial charge is 0.399 e. The fraction of sp³-hybridized carbons (Fsp3) is 0.500. The standard InChI is InChI=1S/C14H20N2O3S.ClH/c1-10-6-7-11(15)8-13(10)16-14(17)9-20(18,19)12-4-2-3-5-12;/h6-8,12H,2-5,9,15H2,1H3,(H,16,17);1H. The fourth-order valence-corrected chi connectivity index (χ4v) is 4.23. The van der Waals surface area contributed by atoms with E-state index in [0.29, 0.717) is 24.2 Å². The van der Waals surface area contributed by atoms with Crippen LogP contribution in [0, 0.1) is 6.92 Å². The maximum atomic E-state index is 12.1. The zero-order valence-corrected chi connectivity index (χ0v) is 13.6. The number of amides is 1. The maximum Gasteiger partial charge on any atom is 0.239 e. The molecule has 0 heterocycles. The molecule has 1 aliphatic carbocycles. The van der Waals surface area contributed by atoms with E-state index in [1.807, 2.05) is 6.92 Å². The first-order valence-corrected chi connectivity index (χ1v) is 8.47. The van der Waals surface area contributed by atoms with Crippen LogP contribution in [0.1, 0.15) is 31.2 Å². The second kappa shape index (κ2) is 7.13. The number of nitrogens with two attached hydrogens (primary N) is 1. The molecule has 0 unspecified atom stereocenters. The monoisotopic (exact) mass is 332 g/mol. The van der Waals surface area contributed by atoms with Crippen molar-refractivity contribution in [1.82, 2.24) is 0 Å². The second-order valence-corrected chi connectivity index (χ2v) is 7.62. The Labute approximate surface area is 131 Å². The SMILES string of the molecule is Cc1ccc(N)cc1NC(=O)CS(=O)(=O)C1CCCC1.Cl. The number of nitrogen functional groups attached to an aromatic ring is 1. The summed E-state index contributed by atoms with van der Waals surface area (Å²) in [5, 5.41) is 2.28. The van der Waals surface area contributed by atoms with Gasteiger partial charge in [-0.15, -0.1) is 12.4 Å². The van der Waals surface area contributed by atoms with Crippen molar-refractivity contribution in [3.63, 3.8) is 0 Å². The van der Waals surface area contributed by atoms with Gasteiger partial charge in [0.05, 0.1) is 5.25 Å². The van der Waals surface area contributed by atoms with E-state index < -0.39 is 21.5 Å². The lowest BCUT2D eigenvalue weighted by molar-refractivity contribution is -0.113. The molecule has 5 nitrogen and oxygen atoms in total. The molecule has 0 aliphatic heterocycles. The molecule has 1 saturated carbocycles. The second-order valence-electron chi connectivity index (χ2n) is 5.34. The summed E-state index contributed by atoms with van der Waals surface area (Å²) < 4.78 is 24.2. The van der Waals surface area contributed by atoms with Crippen LogP contribution >= 0.6 is 12.4 Å². The van der Waals surface area contributed by atoms with Crippen LogP contribution in [0.4, 0.5) is 11.4 Å². The van der Waals surface area contributed by atoms with Crippen molar-refractivity contribution in [2.75, 3.05) is 16.8 Å². The minimum absolute atomic E-state index is 0. The quantitative estimate of drug-likeness (QED) is 0.828. The molecule has 0 bridgehead atoms. The van der Waals surface area contributed by atoms with Crippen LogP contribution in [0.15, 0.2) is 18.2 Å². The number of hydrogen-bond donors (Lipinski definition) is 2. The van der Waals surface area contributed by atoms with E-state index in [1.165, 1.54) is 0 Å². The predicted octanol–water partition coefficient (Wildman–Crippen LogP) is 2.29. The predicted molar refractivity (Wildman–Crippen MR) is 87.5 cm³/mol. The lowest BCUT2D eigenvalue weighted by Gasteiger charge is -2.12. The zero-order valence-electron chi connectivity index (χ0n) is 12.0. The Kier molecular flexibility index (Phi) is 6.04. The Morgan fingerprint density at radius 3 is 2.57 bits per heavy atom. The Hall–Kier alpha value is -1.27. The lowest BCUT2D eigenvalue weighted by atomic mass is 10.2. The lowest BCUT2D eigenvalue weighted by Crippen LogP contribution is -2.29. The highest BCUT2D eigenvalue weighted by atomic mass is 35.5. The number of anilines is 2. The Balaban J connectivity index is 0.00000220. The van der Waals surface area contributed by atoms with Crippen molar-refractivity contribution in [1.29, 1.82) is 0 Å². The number of sulfone groups is 1. The fourth-order valence-electron chi connectivity index (χ4n) is 2.51. The summed E-state index contributed by atoms with van der Waals surface area (Å²) in [6, 6.07) is 5.16. The molecular formula is C14H21ClN2O3S. The van der Waals surface area contributed by atoms with Gasteiger partial charge < -0.3 is 11.1 Å². The van der Waals surface area contributed by atoms with Gasteiger partial charge in [-0.25, -0.2) is 8.42 Å². The molecule has 0 aromatic heterocycles. The Morgan fingerprint density at radius 2 is 1.95 bits per heavy atom. The van der Waals surface area contributed by atoms with E-state index in [1.54, 1.807) is 18.2 Å². The highest BCUT2D eigenvalue weighted by Crippen LogP contribution is 2.25. The van der Waals surface area contributed by atoms with Crippen molar-refractivity contribution < 1.29 is 13.2 Å². The topological polar surface area (TPSA) is 89.3 Å². The molecule has 0 atom stereocenters. The first kappa shape index (κ1) is 17.8. The molecule has 3 N–H and O–H groups in total. The first-order chi connectivity index (χ1) is 9.38. The van der Waals surface area contributed by atoms with Crippen molar-refractivity contribution in [3.8, 4) is 0 Å². The molecule has 0 spiro atoms. The number of carbonyl (C=O) groups is 1. The summed E-state index contributed by atoms with van der Waals surface area (Å²) in [6.07, 6.45) is 3.21. The molecule has 1 fully saturated rings. The molecule has 0 radical (unpaired) electrons. The third-order valence-corrected chi connectivity index (χ3v) is 5.83. The van der Waals surface area contributed by atoms with Gasteiger partial charge in [-0.3, -0.25) is 4.79 Å². The van der Waals surface area contributed by atoms with E-state index in [0.717, 1.165) is 18.4 Å². The van der Waals surface area contributed by atoms with Gasteiger partial charge in [-0.1, -0.05) is 18.9 Å². The molecule has 21 heavy (non-hydrogen) atoms. The molecule has 2 rings (SSSR count). The van der Waals surface area contributed by atoms with Crippen LogP contribution in [0.25, 0.3) is 0 Å². The minimum atomic E-state index is -3.35. The van der Waals surface area contributed by atoms with Crippen LogP contribution in [-0.2, 0) is 14.6 Å². The molecule has 1 amide bonds. The third-order valence-electron chi connectivity index (χ3n) is 3.68. The average molecular weight is 333 g/mol. The van der Waals surface area contributed by atoms with Gasteiger partial charge in [0.1, 0.15) is 5.75 Å². The van der Waals surface area contributed by atoms with Gasteiger partial charge in [0.2, 0.25) is 5.91 Å².